The maximum atomic E-state index is 12.0. The fourth-order valence-electron chi connectivity index (χ4n) is 2.63. The van der Waals surface area contributed by atoms with Gasteiger partial charge in [0, 0.05) is 13.1 Å². The SMILES string of the molecule is C[C@H]1C(=O)N(C)C(=O)N(C2CCCCC2)C1=O. The fraction of sp³-hybridized carbons (Fsp3) is 0.750. The molecule has 1 saturated heterocycles. The lowest BCUT2D eigenvalue weighted by molar-refractivity contribution is -0.149. The van der Waals surface area contributed by atoms with Crippen LogP contribution in [0.4, 0.5) is 4.79 Å². The van der Waals surface area contributed by atoms with Crippen LogP contribution < -0.4 is 0 Å². The molecular formula is C12H18N2O3. The predicted octanol–water partition coefficient (Wildman–Crippen LogP) is 1.38. The van der Waals surface area contributed by atoms with Crippen molar-refractivity contribution in [1.29, 1.82) is 0 Å². The zero-order valence-corrected chi connectivity index (χ0v) is 10.3. The van der Waals surface area contributed by atoms with Gasteiger partial charge in [0.1, 0.15) is 5.92 Å². The minimum absolute atomic E-state index is 0.0123. The molecule has 5 nitrogen and oxygen atoms in total. The third kappa shape index (κ3) is 1.94. The summed E-state index contributed by atoms with van der Waals surface area (Å²) >= 11 is 0. The average molecular weight is 238 g/mol. The van der Waals surface area contributed by atoms with Crippen molar-refractivity contribution in [2.75, 3.05) is 7.05 Å². The van der Waals surface area contributed by atoms with Gasteiger partial charge in [-0.15, -0.1) is 0 Å². The summed E-state index contributed by atoms with van der Waals surface area (Å²) < 4.78 is 0. The maximum Gasteiger partial charge on any atom is 0.333 e. The van der Waals surface area contributed by atoms with Gasteiger partial charge in [-0.3, -0.25) is 19.4 Å². The number of imide groups is 2. The monoisotopic (exact) mass is 238 g/mol. The first kappa shape index (κ1) is 12.1. The summed E-state index contributed by atoms with van der Waals surface area (Å²) in [6, 6.07) is -0.466. The molecular weight excluding hydrogens is 220 g/mol. The first-order valence-electron chi connectivity index (χ1n) is 6.18. The first-order chi connectivity index (χ1) is 8.04. The molecule has 0 aromatic heterocycles. The Kier molecular flexibility index (Phi) is 3.17. The van der Waals surface area contributed by atoms with E-state index in [0.29, 0.717) is 0 Å². The highest BCUT2D eigenvalue weighted by molar-refractivity contribution is 6.15. The van der Waals surface area contributed by atoms with Crippen LogP contribution in [-0.2, 0) is 9.59 Å². The van der Waals surface area contributed by atoms with E-state index >= 15 is 0 Å². The van der Waals surface area contributed by atoms with Crippen molar-refractivity contribution in [2.24, 2.45) is 5.92 Å². The Bertz CT molecular complexity index is 337. The summed E-state index contributed by atoms with van der Waals surface area (Å²) in [7, 11) is 1.45. The van der Waals surface area contributed by atoms with Gasteiger partial charge in [-0.1, -0.05) is 19.3 Å². The summed E-state index contributed by atoms with van der Waals surface area (Å²) in [6.07, 6.45) is 5.00. The van der Waals surface area contributed by atoms with Gasteiger partial charge in [-0.25, -0.2) is 4.79 Å². The number of urea groups is 1. The van der Waals surface area contributed by atoms with Gasteiger partial charge in [0.25, 0.3) is 0 Å². The molecule has 1 heterocycles. The van der Waals surface area contributed by atoms with E-state index in [4.69, 9.17) is 0 Å². The predicted molar refractivity (Wildman–Crippen MR) is 61.0 cm³/mol. The van der Waals surface area contributed by atoms with Crippen molar-refractivity contribution >= 4 is 17.8 Å². The van der Waals surface area contributed by atoms with Crippen LogP contribution in [0.2, 0.25) is 0 Å². The average Bonchev–Trinajstić information content (AvgIpc) is 2.36. The minimum atomic E-state index is -0.723. The Hall–Kier alpha value is -1.39. The lowest BCUT2D eigenvalue weighted by Crippen LogP contribution is -2.60. The summed E-state index contributed by atoms with van der Waals surface area (Å²) in [4.78, 5) is 38.1. The van der Waals surface area contributed by atoms with Gasteiger partial charge in [-0.2, -0.15) is 0 Å². The van der Waals surface area contributed by atoms with E-state index < -0.39 is 17.9 Å². The first-order valence-corrected chi connectivity index (χ1v) is 6.18. The molecule has 0 aromatic rings. The standard InChI is InChI=1S/C12H18N2O3/c1-8-10(15)13(2)12(17)14(11(8)16)9-6-4-3-5-7-9/h8-9H,3-7H2,1-2H3/t8-/m0/s1. The molecule has 5 heteroatoms. The molecule has 1 saturated carbocycles. The molecule has 0 spiro atoms. The van der Waals surface area contributed by atoms with Crippen LogP contribution in [-0.4, -0.2) is 40.7 Å². The quantitative estimate of drug-likeness (QED) is 0.648. The Morgan fingerprint density at radius 2 is 1.59 bits per heavy atom. The molecule has 1 aliphatic carbocycles. The molecule has 0 unspecified atom stereocenters. The van der Waals surface area contributed by atoms with E-state index in [0.717, 1.165) is 37.0 Å². The van der Waals surface area contributed by atoms with Crippen molar-refractivity contribution in [1.82, 2.24) is 9.80 Å². The van der Waals surface area contributed by atoms with Gasteiger partial charge in [-0.05, 0) is 19.8 Å². The fourth-order valence-corrected chi connectivity index (χ4v) is 2.63. The van der Waals surface area contributed by atoms with E-state index in [2.05, 4.69) is 0 Å². The Morgan fingerprint density at radius 3 is 2.18 bits per heavy atom. The summed E-state index contributed by atoms with van der Waals surface area (Å²) in [6.45, 7) is 1.57. The van der Waals surface area contributed by atoms with Gasteiger partial charge >= 0.3 is 6.03 Å². The number of hydrogen-bond donors (Lipinski definition) is 0. The Morgan fingerprint density at radius 1 is 1.00 bits per heavy atom. The number of rotatable bonds is 1. The zero-order chi connectivity index (χ0) is 12.6. The molecule has 1 atom stereocenters. The topological polar surface area (TPSA) is 57.7 Å². The van der Waals surface area contributed by atoms with Gasteiger partial charge in [0.05, 0.1) is 0 Å². The molecule has 0 radical (unpaired) electrons. The van der Waals surface area contributed by atoms with Crippen molar-refractivity contribution in [3.8, 4) is 0 Å². The minimum Gasteiger partial charge on any atom is -0.273 e. The number of barbiturate groups is 1. The van der Waals surface area contributed by atoms with Gasteiger partial charge < -0.3 is 0 Å². The Labute approximate surface area is 101 Å². The highest BCUT2D eigenvalue weighted by Gasteiger charge is 2.44. The Balaban J connectivity index is 2.22. The largest absolute Gasteiger partial charge is 0.333 e. The lowest BCUT2D eigenvalue weighted by Gasteiger charge is -2.39. The van der Waals surface area contributed by atoms with Crippen molar-refractivity contribution in [3.63, 3.8) is 0 Å². The second-order valence-electron chi connectivity index (χ2n) is 4.90. The molecule has 2 rings (SSSR count). The van der Waals surface area contributed by atoms with Crippen LogP contribution in [0.5, 0.6) is 0 Å². The zero-order valence-electron chi connectivity index (χ0n) is 10.3. The van der Waals surface area contributed by atoms with E-state index in [9.17, 15) is 14.4 Å². The molecule has 1 aliphatic heterocycles. The molecule has 0 N–H and O–H groups in total. The number of carbonyl (C=O) groups excluding carboxylic acids is 3. The molecule has 0 aromatic carbocycles. The molecule has 4 amide bonds. The van der Waals surface area contributed by atoms with E-state index in [1.807, 2.05) is 0 Å². The normalized spacial score (nSPS) is 27.9. The van der Waals surface area contributed by atoms with Crippen LogP contribution in [0.3, 0.4) is 0 Å². The molecule has 0 bridgehead atoms. The number of nitrogens with zero attached hydrogens (tertiary/aromatic N) is 2. The van der Waals surface area contributed by atoms with E-state index in [1.54, 1.807) is 6.92 Å². The molecule has 2 fully saturated rings. The van der Waals surface area contributed by atoms with Gasteiger partial charge in [0.15, 0.2) is 0 Å². The smallest absolute Gasteiger partial charge is 0.273 e. The highest BCUT2D eigenvalue weighted by Crippen LogP contribution is 2.27. The van der Waals surface area contributed by atoms with Crippen molar-refractivity contribution in [3.05, 3.63) is 0 Å². The second-order valence-corrected chi connectivity index (χ2v) is 4.90. The van der Waals surface area contributed by atoms with Gasteiger partial charge in [0.2, 0.25) is 11.8 Å². The van der Waals surface area contributed by atoms with Crippen LogP contribution in [0.15, 0.2) is 0 Å². The third-order valence-corrected chi connectivity index (χ3v) is 3.74. The van der Waals surface area contributed by atoms with E-state index in [1.165, 1.54) is 11.9 Å². The summed E-state index contributed by atoms with van der Waals surface area (Å²) in [5.74, 6) is -1.45. The van der Waals surface area contributed by atoms with Crippen LogP contribution >= 0.6 is 0 Å². The van der Waals surface area contributed by atoms with Crippen LogP contribution in [0.1, 0.15) is 39.0 Å². The van der Waals surface area contributed by atoms with Crippen LogP contribution in [0.25, 0.3) is 0 Å². The molecule has 94 valence electrons. The highest BCUT2D eigenvalue weighted by atomic mass is 16.2. The molecule has 17 heavy (non-hydrogen) atoms. The number of amides is 4. The van der Waals surface area contributed by atoms with E-state index in [-0.39, 0.29) is 11.9 Å². The summed E-state index contributed by atoms with van der Waals surface area (Å²) in [5.41, 5.74) is 0. The molecule has 2 aliphatic rings. The van der Waals surface area contributed by atoms with Crippen LogP contribution in [0, 0.1) is 5.92 Å². The second kappa shape index (κ2) is 4.47. The number of carbonyl (C=O) groups is 3. The maximum absolute atomic E-state index is 12.0. The lowest BCUT2D eigenvalue weighted by atomic mass is 9.92. The summed E-state index contributed by atoms with van der Waals surface area (Å²) in [5, 5.41) is 0. The number of hydrogen-bond acceptors (Lipinski definition) is 3. The van der Waals surface area contributed by atoms with Crippen molar-refractivity contribution in [2.45, 2.75) is 45.1 Å². The third-order valence-electron chi connectivity index (χ3n) is 3.74. The van der Waals surface area contributed by atoms with Crippen molar-refractivity contribution < 1.29 is 14.4 Å².